The van der Waals surface area contributed by atoms with Gasteiger partial charge in [0.1, 0.15) is 13.1 Å². The molecule has 1 saturated heterocycles. The van der Waals surface area contributed by atoms with Crippen molar-refractivity contribution < 1.29 is 14.4 Å². The lowest BCUT2D eigenvalue weighted by atomic mass is 10.2. The number of urea groups is 1. The van der Waals surface area contributed by atoms with E-state index in [1.54, 1.807) is 4.90 Å². The Kier molecular flexibility index (Phi) is 5.83. The number of carbonyl (C=O) groups is 1. The van der Waals surface area contributed by atoms with Crippen molar-refractivity contribution in [1.82, 2.24) is 5.32 Å². The van der Waals surface area contributed by atoms with Crippen LogP contribution in [0, 0.1) is 6.92 Å². The summed E-state index contributed by atoms with van der Waals surface area (Å²) in [6.45, 7) is 7.70. The fourth-order valence-electron chi connectivity index (χ4n) is 2.26. The Hall–Kier alpha value is -1.59. The molecule has 110 valence electrons. The molecule has 2 rings (SSSR count). The molecular formula is C15H24N3O2+. The standard InChI is InChI=1S/C15H23N3O2/c1-13-3-5-14(6-4-13)17-15(19)16-7-2-8-18-9-11-20-12-10-18/h3-6H,2,7-12H2,1H3,(H2,16,17,19)/p+1. The zero-order valence-corrected chi connectivity index (χ0v) is 12.1. The summed E-state index contributed by atoms with van der Waals surface area (Å²) in [4.78, 5) is 13.3. The number of aryl methyl sites for hydroxylation is 1. The second-order valence-corrected chi connectivity index (χ2v) is 5.21. The predicted molar refractivity (Wildman–Crippen MR) is 79.2 cm³/mol. The SMILES string of the molecule is Cc1ccc(NC(=O)NCCC[NH+]2CCOCC2)cc1. The molecule has 0 radical (unpaired) electrons. The molecule has 0 atom stereocenters. The van der Waals surface area contributed by atoms with E-state index in [0.717, 1.165) is 45.0 Å². The van der Waals surface area contributed by atoms with E-state index in [1.165, 1.54) is 5.56 Å². The van der Waals surface area contributed by atoms with Gasteiger partial charge in [-0.15, -0.1) is 0 Å². The summed E-state index contributed by atoms with van der Waals surface area (Å²) < 4.78 is 5.32. The first-order chi connectivity index (χ1) is 9.74. The second-order valence-electron chi connectivity index (χ2n) is 5.21. The highest BCUT2D eigenvalue weighted by molar-refractivity contribution is 5.89. The highest BCUT2D eigenvalue weighted by Crippen LogP contribution is 2.07. The minimum absolute atomic E-state index is 0.133. The number of amides is 2. The number of rotatable bonds is 5. The van der Waals surface area contributed by atoms with Crippen LogP contribution < -0.4 is 15.5 Å². The lowest BCUT2D eigenvalue weighted by Gasteiger charge is -2.23. The Morgan fingerprint density at radius 1 is 1.25 bits per heavy atom. The molecule has 1 aliphatic heterocycles. The van der Waals surface area contributed by atoms with Gasteiger partial charge in [0.25, 0.3) is 0 Å². The highest BCUT2D eigenvalue weighted by Gasteiger charge is 2.12. The van der Waals surface area contributed by atoms with Crippen LogP contribution in [0.1, 0.15) is 12.0 Å². The van der Waals surface area contributed by atoms with Gasteiger partial charge in [0.15, 0.2) is 0 Å². The molecule has 2 amide bonds. The van der Waals surface area contributed by atoms with Crippen molar-refractivity contribution in [2.75, 3.05) is 44.7 Å². The van der Waals surface area contributed by atoms with E-state index in [-0.39, 0.29) is 6.03 Å². The molecule has 1 aromatic rings. The van der Waals surface area contributed by atoms with Crippen molar-refractivity contribution in [3.8, 4) is 0 Å². The molecule has 0 spiro atoms. The molecule has 1 fully saturated rings. The van der Waals surface area contributed by atoms with Crippen LogP contribution in [-0.4, -0.2) is 45.4 Å². The van der Waals surface area contributed by atoms with Crippen molar-refractivity contribution in [3.63, 3.8) is 0 Å². The highest BCUT2D eigenvalue weighted by atomic mass is 16.5. The first-order valence-electron chi connectivity index (χ1n) is 7.27. The maximum atomic E-state index is 11.7. The first-order valence-corrected chi connectivity index (χ1v) is 7.27. The summed E-state index contributed by atoms with van der Waals surface area (Å²) in [6, 6.07) is 7.65. The average molecular weight is 278 g/mol. The van der Waals surface area contributed by atoms with Crippen molar-refractivity contribution in [2.45, 2.75) is 13.3 Å². The molecule has 0 bridgehead atoms. The van der Waals surface area contributed by atoms with Crippen LogP contribution in [0.25, 0.3) is 0 Å². The van der Waals surface area contributed by atoms with Crippen LogP contribution in [0.3, 0.4) is 0 Å². The van der Waals surface area contributed by atoms with E-state index < -0.39 is 0 Å². The molecule has 0 saturated carbocycles. The smallest absolute Gasteiger partial charge is 0.319 e. The van der Waals surface area contributed by atoms with Crippen molar-refractivity contribution >= 4 is 11.7 Å². The van der Waals surface area contributed by atoms with Gasteiger partial charge in [-0.3, -0.25) is 0 Å². The Morgan fingerprint density at radius 2 is 1.95 bits per heavy atom. The van der Waals surface area contributed by atoms with E-state index in [4.69, 9.17) is 4.74 Å². The second kappa shape index (κ2) is 7.87. The van der Waals surface area contributed by atoms with Gasteiger partial charge in [-0.25, -0.2) is 4.79 Å². The number of nitrogens with one attached hydrogen (secondary N) is 3. The molecule has 1 heterocycles. The van der Waals surface area contributed by atoms with E-state index in [1.807, 2.05) is 31.2 Å². The summed E-state index contributed by atoms with van der Waals surface area (Å²) in [5, 5.41) is 5.72. The molecule has 0 unspecified atom stereocenters. The van der Waals surface area contributed by atoms with Gasteiger partial charge in [-0.1, -0.05) is 17.7 Å². The van der Waals surface area contributed by atoms with Gasteiger partial charge in [0.05, 0.1) is 19.8 Å². The molecule has 3 N–H and O–H groups in total. The Labute approximate surface area is 120 Å². The van der Waals surface area contributed by atoms with E-state index in [2.05, 4.69) is 10.6 Å². The minimum Gasteiger partial charge on any atom is -0.370 e. The van der Waals surface area contributed by atoms with Crippen LogP contribution in [0.15, 0.2) is 24.3 Å². The lowest BCUT2D eigenvalue weighted by molar-refractivity contribution is -0.908. The quantitative estimate of drug-likeness (QED) is 0.684. The predicted octanol–water partition coefficient (Wildman–Crippen LogP) is 0.422. The number of benzene rings is 1. The maximum Gasteiger partial charge on any atom is 0.319 e. The molecule has 5 heteroatoms. The molecule has 5 nitrogen and oxygen atoms in total. The number of ether oxygens (including phenoxy) is 1. The van der Waals surface area contributed by atoms with Crippen LogP contribution in [0.4, 0.5) is 10.5 Å². The number of carbonyl (C=O) groups excluding carboxylic acids is 1. The van der Waals surface area contributed by atoms with Crippen LogP contribution in [0.2, 0.25) is 0 Å². The van der Waals surface area contributed by atoms with Gasteiger partial charge in [0, 0.05) is 18.7 Å². The van der Waals surface area contributed by atoms with Crippen LogP contribution in [-0.2, 0) is 4.74 Å². The molecule has 0 aliphatic carbocycles. The monoisotopic (exact) mass is 278 g/mol. The van der Waals surface area contributed by atoms with Gasteiger partial charge in [-0.05, 0) is 19.1 Å². The number of quaternary nitrogens is 1. The fourth-order valence-corrected chi connectivity index (χ4v) is 2.26. The molecular weight excluding hydrogens is 254 g/mol. The lowest BCUT2D eigenvalue weighted by Crippen LogP contribution is -3.14. The van der Waals surface area contributed by atoms with E-state index >= 15 is 0 Å². The van der Waals surface area contributed by atoms with Crippen molar-refractivity contribution in [2.24, 2.45) is 0 Å². The molecule has 20 heavy (non-hydrogen) atoms. The fraction of sp³-hybridized carbons (Fsp3) is 0.533. The number of morpholine rings is 1. The Balaban J connectivity index is 1.59. The summed E-state index contributed by atoms with van der Waals surface area (Å²) in [7, 11) is 0. The first kappa shape index (κ1) is 14.8. The molecule has 1 aliphatic rings. The van der Waals surface area contributed by atoms with Gasteiger partial charge >= 0.3 is 6.03 Å². The minimum atomic E-state index is -0.133. The summed E-state index contributed by atoms with van der Waals surface area (Å²) in [6.07, 6.45) is 0.997. The Bertz CT molecular complexity index is 414. The third-order valence-electron chi connectivity index (χ3n) is 3.50. The summed E-state index contributed by atoms with van der Waals surface area (Å²) >= 11 is 0. The molecule has 1 aromatic carbocycles. The number of hydrogen-bond acceptors (Lipinski definition) is 2. The van der Waals surface area contributed by atoms with Gasteiger partial charge in [0.2, 0.25) is 0 Å². The van der Waals surface area contributed by atoms with E-state index in [0.29, 0.717) is 6.54 Å². The summed E-state index contributed by atoms with van der Waals surface area (Å²) in [5.41, 5.74) is 2.01. The Morgan fingerprint density at radius 3 is 2.65 bits per heavy atom. The van der Waals surface area contributed by atoms with Crippen molar-refractivity contribution in [1.29, 1.82) is 0 Å². The third-order valence-corrected chi connectivity index (χ3v) is 3.50. The largest absolute Gasteiger partial charge is 0.370 e. The maximum absolute atomic E-state index is 11.7. The average Bonchev–Trinajstić information content (AvgIpc) is 2.47. The number of hydrogen-bond donors (Lipinski definition) is 3. The van der Waals surface area contributed by atoms with Crippen LogP contribution in [0.5, 0.6) is 0 Å². The molecule has 0 aromatic heterocycles. The number of anilines is 1. The van der Waals surface area contributed by atoms with Gasteiger partial charge < -0.3 is 20.3 Å². The van der Waals surface area contributed by atoms with Crippen LogP contribution >= 0.6 is 0 Å². The normalized spacial score (nSPS) is 15.8. The van der Waals surface area contributed by atoms with Crippen molar-refractivity contribution in [3.05, 3.63) is 29.8 Å². The zero-order valence-electron chi connectivity index (χ0n) is 12.1. The third kappa shape index (κ3) is 5.19. The van der Waals surface area contributed by atoms with E-state index in [9.17, 15) is 4.79 Å². The summed E-state index contributed by atoms with van der Waals surface area (Å²) in [5.74, 6) is 0. The van der Waals surface area contributed by atoms with Gasteiger partial charge in [-0.2, -0.15) is 0 Å². The zero-order chi connectivity index (χ0) is 14.2. The topological polar surface area (TPSA) is 54.8 Å².